The van der Waals surface area contributed by atoms with E-state index in [0.29, 0.717) is 17.9 Å². The summed E-state index contributed by atoms with van der Waals surface area (Å²) in [7, 11) is 0. The predicted molar refractivity (Wildman–Crippen MR) is 222 cm³/mol. The van der Waals surface area contributed by atoms with Gasteiger partial charge in [-0.2, -0.15) is 0 Å². The third-order valence-corrected chi connectivity index (χ3v) is 12.4. The molecule has 2 nitrogen and oxygen atoms in total. The minimum atomic E-state index is -0.114. The van der Waals surface area contributed by atoms with Gasteiger partial charge in [-0.3, -0.25) is 0 Å². The lowest BCUT2D eigenvalue weighted by molar-refractivity contribution is 0.361. The second-order valence-electron chi connectivity index (χ2n) is 15.7. The first-order valence-corrected chi connectivity index (χ1v) is 19.3. The Bertz CT molecular complexity index is 2410. The Balaban J connectivity index is 0.969. The summed E-state index contributed by atoms with van der Waals surface area (Å²) in [6.45, 7) is 4.85. The van der Waals surface area contributed by atoms with Crippen LogP contribution < -0.4 is 9.80 Å². The Labute approximate surface area is 314 Å². The van der Waals surface area contributed by atoms with Crippen LogP contribution in [0.4, 0.5) is 28.4 Å². The van der Waals surface area contributed by atoms with E-state index >= 15 is 0 Å². The first-order valence-electron chi connectivity index (χ1n) is 19.3. The fourth-order valence-electron chi connectivity index (χ4n) is 9.81. The van der Waals surface area contributed by atoms with Gasteiger partial charge in [0.25, 0.3) is 0 Å². The monoisotopic (exact) mass is 684 g/mol. The lowest BCUT2D eigenvalue weighted by Gasteiger charge is -2.37. The van der Waals surface area contributed by atoms with Gasteiger partial charge in [0.2, 0.25) is 0 Å². The second kappa shape index (κ2) is 12.7. The lowest BCUT2D eigenvalue weighted by atomic mass is 9.73. The number of hydrogen-bond acceptors (Lipinski definition) is 2. The van der Waals surface area contributed by atoms with Crippen molar-refractivity contribution in [2.45, 2.75) is 56.4 Å². The van der Waals surface area contributed by atoms with Crippen molar-refractivity contribution in [1.82, 2.24) is 0 Å². The molecule has 10 rings (SSSR count). The van der Waals surface area contributed by atoms with E-state index in [4.69, 9.17) is 0 Å². The van der Waals surface area contributed by atoms with Gasteiger partial charge in [-0.15, -0.1) is 0 Å². The molecule has 1 fully saturated rings. The van der Waals surface area contributed by atoms with Crippen LogP contribution in [-0.2, 0) is 5.41 Å². The van der Waals surface area contributed by atoms with Crippen LogP contribution in [0.15, 0.2) is 176 Å². The molecule has 258 valence electrons. The third-order valence-electron chi connectivity index (χ3n) is 12.4. The van der Waals surface area contributed by atoms with E-state index in [9.17, 15) is 0 Å². The molecule has 0 amide bonds. The molecule has 0 saturated heterocycles. The van der Waals surface area contributed by atoms with Gasteiger partial charge in [-0.05, 0) is 124 Å². The van der Waals surface area contributed by atoms with Crippen molar-refractivity contribution < 1.29 is 0 Å². The molecule has 7 aromatic rings. The molecule has 1 saturated carbocycles. The van der Waals surface area contributed by atoms with Gasteiger partial charge in [0.05, 0.1) is 0 Å². The molecule has 0 bridgehead atoms. The summed E-state index contributed by atoms with van der Waals surface area (Å²) in [5.74, 6) is 1.09. The highest BCUT2D eigenvalue weighted by Gasteiger charge is 2.44. The van der Waals surface area contributed by atoms with Gasteiger partial charge in [-0.1, -0.05) is 135 Å². The summed E-state index contributed by atoms with van der Waals surface area (Å²) >= 11 is 0. The molecule has 3 aliphatic rings. The fourth-order valence-corrected chi connectivity index (χ4v) is 9.81. The Morgan fingerprint density at radius 3 is 1.87 bits per heavy atom. The smallest absolute Gasteiger partial charge is 0.0465 e. The maximum absolute atomic E-state index is 2.63. The highest BCUT2D eigenvalue weighted by Crippen LogP contribution is 2.56. The van der Waals surface area contributed by atoms with E-state index in [0.717, 1.165) is 11.4 Å². The molecule has 0 N–H and O–H groups in total. The average Bonchev–Trinajstić information content (AvgIpc) is 3.67. The van der Waals surface area contributed by atoms with Gasteiger partial charge < -0.3 is 9.80 Å². The number of rotatable bonds is 6. The van der Waals surface area contributed by atoms with E-state index in [1.165, 1.54) is 80.8 Å². The molecule has 0 spiro atoms. The topological polar surface area (TPSA) is 6.48 Å². The molecule has 0 radical (unpaired) electrons. The summed E-state index contributed by atoms with van der Waals surface area (Å²) in [5.41, 5.74) is 17.2. The molecule has 1 aliphatic heterocycles. The van der Waals surface area contributed by atoms with Crippen molar-refractivity contribution in [3.05, 3.63) is 198 Å². The highest BCUT2D eigenvalue weighted by atomic mass is 15.2. The average molecular weight is 685 g/mol. The number of fused-ring (bicyclic) bond motifs is 6. The minimum Gasteiger partial charge on any atom is -0.338 e. The molecule has 3 atom stereocenters. The Morgan fingerprint density at radius 1 is 0.528 bits per heavy atom. The Hall–Kier alpha value is -5.86. The van der Waals surface area contributed by atoms with Gasteiger partial charge in [0.15, 0.2) is 0 Å². The van der Waals surface area contributed by atoms with Crippen molar-refractivity contribution in [3.8, 4) is 22.3 Å². The lowest BCUT2D eigenvalue weighted by Crippen LogP contribution is -2.34. The van der Waals surface area contributed by atoms with Crippen molar-refractivity contribution >= 4 is 28.4 Å². The number of hydrogen-bond donors (Lipinski definition) is 0. The minimum absolute atomic E-state index is 0.114. The van der Waals surface area contributed by atoms with Crippen molar-refractivity contribution in [1.29, 1.82) is 0 Å². The molecule has 2 heteroatoms. The zero-order chi connectivity index (χ0) is 35.5. The number of anilines is 5. The van der Waals surface area contributed by atoms with E-state index in [1.807, 2.05) is 0 Å². The van der Waals surface area contributed by atoms with Crippen LogP contribution in [0.3, 0.4) is 0 Å². The largest absolute Gasteiger partial charge is 0.338 e. The van der Waals surface area contributed by atoms with Crippen LogP contribution in [0.1, 0.15) is 67.2 Å². The molecular formula is C51H44N2. The normalized spacial score (nSPS) is 19.2. The molecular weight excluding hydrogens is 641 g/mol. The molecule has 3 unspecified atom stereocenters. The van der Waals surface area contributed by atoms with E-state index in [2.05, 4.69) is 200 Å². The molecule has 1 heterocycles. The third kappa shape index (κ3) is 5.31. The first kappa shape index (κ1) is 31.8. The summed E-state index contributed by atoms with van der Waals surface area (Å²) in [6, 6.07) is 65.7. The summed E-state index contributed by atoms with van der Waals surface area (Å²) in [6.07, 6.45) is 3.60. The van der Waals surface area contributed by atoms with Crippen molar-refractivity contribution in [2.75, 3.05) is 9.80 Å². The van der Waals surface area contributed by atoms with Gasteiger partial charge in [-0.25, -0.2) is 0 Å². The van der Waals surface area contributed by atoms with E-state index in [-0.39, 0.29) is 5.41 Å². The maximum atomic E-state index is 2.63. The fraction of sp³-hybridized carbons (Fsp3) is 0.176. The molecule has 7 aromatic carbocycles. The summed E-state index contributed by atoms with van der Waals surface area (Å²) in [4.78, 5) is 5.03. The predicted octanol–water partition coefficient (Wildman–Crippen LogP) is 13.7. The van der Waals surface area contributed by atoms with Crippen molar-refractivity contribution in [3.63, 3.8) is 0 Å². The van der Waals surface area contributed by atoms with Crippen LogP contribution in [-0.4, -0.2) is 6.04 Å². The van der Waals surface area contributed by atoms with Gasteiger partial charge in [0.1, 0.15) is 0 Å². The van der Waals surface area contributed by atoms with E-state index < -0.39 is 0 Å². The maximum Gasteiger partial charge on any atom is 0.0465 e. The van der Waals surface area contributed by atoms with Crippen LogP contribution in [0, 0.1) is 0 Å². The van der Waals surface area contributed by atoms with Crippen molar-refractivity contribution in [2.24, 2.45) is 0 Å². The number of para-hydroxylation sites is 3. The highest BCUT2D eigenvalue weighted by molar-refractivity contribution is 5.86. The first-order chi connectivity index (χ1) is 26.0. The zero-order valence-corrected chi connectivity index (χ0v) is 30.5. The second-order valence-corrected chi connectivity index (χ2v) is 15.7. The quantitative estimate of drug-likeness (QED) is 0.172. The SMILES string of the molecule is CC1(C)c2cc(C3CCC4C(C3)c3ccccc3N4c3ccccc3)ccc2-c2ccc(N(c3ccccc3)c3ccc(-c4ccccc4)cc3)cc21. The van der Waals surface area contributed by atoms with E-state index in [1.54, 1.807) is 0 Å². The zero-order valence-electron chi connectivity index (χ0n) is 30.5. The van der Waals surface area contributed by atoms with Gasteiger partial charge >= 0.3 is 0 Å². The van der Waals surface area contributed by atoms with Crippen LogP contribution in [0.5, 0.6) is 0 Å². The number of benzene rings is 7. The molecule has 53 heavy (non-hydrogen) atoms. The van der Waals surface area contributed by atoms with Gasteiger partial charge in [0, 0.05) is 45.8 Å². The molecule has 0 aromatic heterocycles. The Kier molecular flexibility index (Phi) is 7.61. The number of nitrogens with zero attached hydrogens (tertiary/aromatic N) is 2. The van der Waals surface area contributed by atoms with Crippen LogP contribution in [0.2, 0.25) is 0 Å². The summed E-state index contributed by atoms with van der Waals surface area (Å²) in [5, 5.41) is 0. The van der Waals surface area contributed by atoms with Crippen LogP contribution in [0.25, 0.3) is 22.3 Å². The molecule has 2 aliphatic carbocycles. The van der Waals surface area contributed by atoms with Crippen LogP contribution >= 0.6 is 0 Å². The Morgan fingerprint density at radius 2 is 1.11 bits per heavy atom. The standard InChI is InChI=1S/C51H44N2/c1-51(2)47-33-38(37-25-31-50-46(32-37)45-20-12-13-21-49(45)53(50)40-18-10-5-11-19-40)24-29-43(47)44-30-28-42(34-48(44)51)52(39-16-8-4-9-17-39)41-26-22-36(23-27-41)35-14-6-3-7-15-35/h3-24,26-30,33-34,37,46,50H,25,31-32H2,1-2H3. The summed E-state index contributed by atoms with van der Waals surface area (Å²) < 4.78 is 0.